The number of piperidine rings is 1. The molecule has 118 valence electrons. The van der Waals surface area contributed by atoms with Crippen molar-refractivity contribution in [2.45, 2.75) is 45.1 Å². The van der Waals surface area contributed by atoms with Crippen molar-refractivity contribution >= 4 is 17.2 Å². The molecule has 0 radical (unpaired) electrons. The van der Waals surface area contributed by atoms with Crippen LogP contribution in [0.1, 0.15) is 41.5 Å². The molecule has 0 aliphatic carbocycles. The summed E-state index contributed by atoms with van der Waals surface area (Å²) in [6, 6.07) is 0. The molecule has 1 fully saturated rings. The number of imidazole rings is 1. The molecular weight excluding hydrogens is 296 g/mol. The normalized spacial score (nSPS) is 18.6. The van der Waals surface area contributed by atoms with Gasteiger partial charge in [0.05, 0.1) is 11.3 Å². The maximum absolute atomic E-state index is 12.4. The van der Waals surface area contributed by atoms with E-state index in [0.717, 1.165) is 38.9 Å². The zero-order chi connectivity index (χ0) is 15.4. The highest BCUT2D eigenvalue weighted by Crippen LogP contribution is 2.30. The smallest absolute Gasteiger partial charge is 0.222 e. The van der Waals surface area contributed by atoms with E-state index in [4.69, 9.17) is 0 Å². The number of amides is 1. The van der Waals surface area contributed by atoms with Gasteiger partial charge in [0.1, 0.15) is 0 Å². The van der Waals surface area contributed by atoms with Crippen LogP contribution in [0.2, 0.25) is 0 Å². The number of aromatic nitrogens is 3. The van der Waals surface area contributed by atoms with Gasteiger partial charge < -0.3 is 9.47 Å². The summed E-state index contributed by atoms with van der Waals surface area (Å²) in [6.45, 7) is 4.67. The van der Waals surface area contributed by atoms with E-state index in [2.05, 4.69) is 16.9 Å². The Morgan fingerprint density at radius 2 is 2.41 bits per heavy atom. The molecule has 0 aromatic carbocycles. The fourth-order valence-corrected chi connectivity index (χ4v) is 3.86. The van der Waals surface area contributed by atoms with Crippen LogP contribution < -0.4 is 0 Å². The molecule has 2 aromatic rings. The average Bonchev–Trinajstić information content (AvgIpc) is 3.19. The predicted molar refractivity (Wildman–Crippen MR) is 86.9 cm³/mol. The Balaban J connectivity index is 1.49. The minimum Gasteiger partial charge on any atom is -0.342 e. The van der Waals surface area contributed by atoms with Gasteiger partial charge >= 0.3 is 0 Å². The molecule has 1 aliphatic heterocycles. The third kappa shape index (κ3) is 3.74. The molecule has 22 heavy (non-hydrogen) atoms. The first-order valence-corrected chi connectivity index (χ1v) is 8.70. The summed E-state index contributed by atoms with van der Waals surface area (Å²) in [5, 5.41) is 1.19. The summed E-state index contributed by atoms with van der Waals surface area (Å²) >= 11 is 1.76. The molecule has 0 spiro atoms. The van der Waals surface area contributed by atoms with E-state index in [1.807, 2.05) is 21.9 Å². The fraction of sp³-hybridized carbons (Fsp3) is 0.562. The van der Waals surface area contributed by atoms with Gasteiger partial charge in [-0.3, -0.25) is 4.79 Å². The fourth-order valence-electron chi connectivity index (χ4n) is 2.96. The number of hydrogen-bond acceptors (Lipinski definition) is 4. The quantitative estimate of drug-likeness (QED) is 0.852. The number of carbonyl (C=O) groups excluding carboxylic acids is 1. The molecule has 3 rings (SSSR count). The molecule has 5 nitrogen and oxygen atoms in total. The lowest BCUT2D eigenvalue weighted by Gasteiger charge is -2.32. The van der Waals surface area contributed by atoms with Crippen molar-refractivity contribution in [2.75, 3.05) is 13.1 Å². The number of thiazole rings is 1. The lowest BCUT2D eigenvalue weighted by molar-refractivity contribution is -0.132. The van der Waals surface area contributed by atoms with E-state index in [1.54, 1.807) is 23.9 Å². The second-order valence-electron chi connectivity index (χ2n) is 5.89. The van der Waals surface area contributed by atoms with E-state index >= 15 is 0 Å². The Labute approximate surface area is 135 Å². The summed E-state index contributed by atoms with van der Waals surface area (Å²) in [4.78, 5) is 24.2. The number of aryl methyl sites for hydroxylation is 2. The lowest BCUT2D eigenvalue weighted by Crippen LogP contribution is -2.39. The van der Waals surface area contributed by atoms with Gasteiger partial charge in [-0.1, -0.05) is 0 Å². The van der Waals surface area contributed by atoms with Crippen LogP contribution in [0.4, 0.5) is 0 Å². The second-order valence-corrected chi connectivity index (χ2v) is 7.16. The van der Waals surface area contributed by atoms with Crippen molar-refractivity contribution in [1.29, 1.82) is 0 Å². The monoisotopic (exact) mass is 318 g/mol. The molecular formula is C16H22N4OS. The van der Waals surface area contributed by atoms with Crippen LogP contribution in [-0.2, 0) is 11.3 Å². The first kappa shape index (κ1) is 15.2. The largest absolute Gasteiger partial charge is 0.342 e. The maximum atomic E-state index is 12.4. The van der Waals surface area contributed by atoms with Crippen molar-refractivity contribution in [3.8, 4) is 0 Å². The Bertz CT molecular complexity index is 607. The topological polar surface area (TPSA) is 51.0 Å². The zero-order valence-electron chi connectivity index (χ0n) is 12.9. The SMILES string of the molecule is Cc1cnc([C@@H]2CCCN(C(=O)CCCn3ccnc3)C2)s1. The van der Waals surface area contributed by atoms with Gasteiger partial charge in [-0.25, -0.2) is 9.97 Å². The summed E-state index contributed by atoms with van der Waals surface area (Å²) in [7, 11) is 0. The van der Waals surface area contributed by atoms with E-state index < -0.39 is 0 Å². The van der Waals surface area contributed by atoms with Crippen LogP contribution in [-0.4, -0.2) is 38.4 Å². The van der Waals surface area contributed by atoms with E-state index in [0.29, 0.717) is 12.3 Å². The predicted octanol–water partition coefficient (Wildman–Crippen LogP) is 2.83. The molecule has 1 atom stereocenters. The third-order valence-corrected chi connectivity index (χ3v) is 5.20. The summed E-state index contributed by atoms with van der Waals surface area (Å²) < 4.78 is 2.02. The third-order valence-electron chi connectivity index (χ3n) is 4.13. The Morgan fingerprint density at radius 3 is 3.14 bits per heavy atom. The van der Waals surface area contributed by atoms with Gasteiger partial charge in [-0.15, -0.1) is 11.3 Å². The Hall–Kier alpha value is -1.69. The van der Waals surface area contributed by atoms with E-state index in [1.165, 1.54) is 9.88 Å². The van der Waals surface area contributed by atoms with E-state index in [-0.39, 0.29) is 5.91 Å². The minimum atomic E-state index is 0.276. The standard InChI is InChI=1S/C16H22N4OS/c1-13-10-18-16(22-13)14-4-2-8-20(11-14)15(21)5-3-7-19-9-6-17-12-19/h6,9-10,12,14H,2-5,7-8,11H2,1H3/t14-/m1/s1. The van der Waals surface area contributed by atoms with Gasteiger partial charge in [0.15, 0.2) is 0 Å². The van der Waals surface area contributed by atoms with Crippen LogP contribution in [0.5, 0.6) is 0 Å². The first-order valence-electron chi connectivity index (χ1n) is 7.88. The maximum Gasteiger partial charge on any atom is 0.222 e. The molecule has 1 saturated heterocycles. The summed E-state index contributed by atoms with van der Waals surface area (Å²) in [5.74, 6) is 0.697. The van der Waals surface area contributed by atoms with Crippen molar-refractivity contribution in [3.63, 3.8) is 0 Å². The molecule has 0 saturated carbocycles. The van der Waals surface area contributed by atoms with Crippen molar-refractivity contribution < 1.29 is 4.79 Å². The summed E-state index contributed by atoms with van der Waals surface area (Å²) in [5.41, 5.74) is 0. The van der Waals surface area contributed by atoms with Gasteiger partial charge in [0.25, 0.3) is 0 Å². The van der Waals surface area contributed by atoms with Gasteiger partial charge in [-0.05, 0) is 26.2 Å². The highest BCUT2D eigenvalue weighted by atomic mass is 32.1. The molecule has 0 unspecified atom stereocenters. The molecule has 0 bridgehead atoms. The summed E-state index contributed by atoms with van der Waals surface area (Å²) in [6.07, 6.45) is 11.1. The zero-order valence-corrected chi connectivity index (χ0v) is 13.8. The van der Waals surface area contributed by atoms with E-state index in [9.17, 15) is 4.79 Å². The number of nitrogens with zero attached hydrogens (tertiary/aromatic N) is 4. The van der Waals surface area contributed by atoms with Crippen LogP contribution >= 0.6 is 11.3 Å². The van der Waals surface area contributed by atoms with Crippen LogP contribution in [0, 0.1) is 6.92 Å². The highest BCUT2D eigenvalue weighted by Gasteiger charge is 2.26. The number of hydrogen-bond donors (Lipinski definition) is 0. The van der Waals surface area contributed by atoms with Crippen molar-refractivity contribution in [2.24, 2.45) is 0 Å². The van der Waals surface area contributed by atoms with Gasteiger partial charge in [-0.2, -0.15) is 0 Å². The Kier molecular flexibility index (Phi) is 4.87. The molecule has 0 N–H and O–H groups in total. The first-order chi connectivity index (χ1) is 10.7. The van der Waals surface area contributed by atoms with Crippen molar-refractivity contribution in [1.82, 2.24) is 19.4 Å². The van der Waals surface area contributed by atoms with Crippen LogP contribution in [0.15, 0.2) is 24.9 Å². The highest BCUT2D eigenvalue weighted by molar-refractivity contribution is 7.11. The van der Waals surface area contributed by atoms with Crippen molar-refractivity contribution in [3.05, 3.63) is 34.8 Å². The van der Waals surface area contributed by atoms with Gasteiger partial charge in [0.2, 0.25) is 5.91 Å². The number of carbonyl (C=O) groups is 1. The molecule has 1 aliphatic rings. The van der Waals surface area contributed by atoms with Crippen LogP contribution in [0.25, 0.3) is 0 Å². The molecule has 2 aromatic heterocycles. The average molecular weight is 318 g/mol. The van der Waals surface area contributed by atoms with Gasteiger partial charge in [0, 0.05) is 55.4 Å². The Morgan fingerprint density at radius 1 is 1.50 bits per heavy atom. The molecule has 1 amide bonds. The second kappa shape index (κ2) is 7.05. The van der Waals surface area contributed by atoms with Crippen LogP contribution in [0.3, 0.4) is 0 Å². The lowest BCUT2D eigenvalue weighted by atomic mass is 9.98. The number of rotatable bonds is 5. The minimum absolute atomic E-state index is 0.276. The molecule has 3 heterocycles. The number of likely N-dealkylation sites (tertiary alicyclic amines) is 1. The molecule has 6 heteroatoms.